The first-order valence-electron chi connectivity index (χ1n) is 14.7. The molecule has 0 aliphatic rings. The monoisotopic (exact) mass is 598 g/mol. The Labute approximate surface area is 256 Å². The molecule has 7 heteroatoms. The zero-order chi connectivity index (χ0) is 31.0. The maximum atomic E-state index is 13.2. The van der Waals surface area contributed by atoms with E-state index in [4.69, 9.17) is 4.74 Å². The van der Waals surface area contributed by atoms with E-state index in [0.29, 0.717) is 6.61 Å². The highest BCUT2D eigenvalue weighted by atomic mass is 32.2. The lowest BCUT2D eigenvalue weighted by Gasteiger charge is -2.23. The molecule has 0 saturated carbocycles. The molecule has 0 aliphatic heterocycles. The van der Waals surface area contributed by atoms with Gasteiger partial charge in [-0.2, -0.15) is 0 Å². The van der Waals surface area contributed by atoms with E-state index in [1.807, 2.05) is 92.6 Å². The van der Waals surface area contributed by atoms with Gasteiger partial charge in [-0.25, -0.2) is 13.1 Å². The normalized spacial score (nSPS) is 12.4. The van der Waals surface area contributed by atoms with Crippen molar-refractivity contribution in [1.29, 1.82) is 0 Å². The SMILES string of the molecule is CC(C)c1cc(-c2ccccc2OCc2ccccc2)cc(C(C)CNS(=O)(=O)c2ccc(CN(C)C)cc2)c1CC=O. The van der Waals surface area contributed by atoms with Gasteiger partial charge in [0.15, 0.2) is 0 Å². The topological polar surface area (TPSA) is 75.7 Å². The Morgan fingerprint density at radius 2 is 1.49 bits per heavy atom. The van der Waals surface area contributed by atoms with Crippen molar-refractivity contribution in [3.05, 3.63) is 119 Å². The lowest BCUT2D eigenvalue weighted by Crippen LogP contribution is -2.28. The van der Waals surface area contributed by atoms with Gasteiger partial charge in [-0.05, 0) is 77.5 Å². The molecule has 1 unspecified atom stereocenters. The number of nitrogens with one attached hydrogen (secondary N) is 1. The van der Waals surface area contributed by atoms with E-state index >= 15 is 0 Å². The molecule has 0 spiro atoms. The minimum absolute atomic E-state index is 0.163. The Balaban J connectivity index is 1.65. The molecule has 0 amide bonds. The summed E-state index contributed by atoms with van der Waals surface area (Å²) in [5, 5.41) is 0. The summed E-state index contributed by atoms with van der Waals surface area (Å²) in [5.74, 6) is 0.740. The van der Waals surface area contributed by atoms with Gasteiger partial charge in [0, 0.05) is 25.1 Å². The van der Waals surface area contributed by atoms with Crippen LogP contribution in [0.1, 0.15) is 60.4 Å². The zero-order valence-electron chi connectivity index (χ0n) is 25.7. The van der Waals surface area contributed by atoms with Crippen molar-refractivity contribution < 1.29 is 17.9 Å². The highest BCUT2D eigenvalue weighted by Gasteiger charge is 2.22. The number of aldehydes is 1. The van der Waals surface area contributed by atoms with Crippen LogP contribution in [-0.2, 0) is 34.4 Å². The number of hydrogen-bond acceptors (Lipinski definition) is 5. The number of hydrogen-bond donors (Lipinski definition) is 1. The van der Waals surface area contributed by atoms with Crippen molar-refractivity contribution >= 4 is 16.3 Å². The van der Waals surface area contributed by atoms with E-state index in [2.05, 4.69) is 30.7 Å². The Kier molecular flexibility index (Phi) is 10.9. The van der Waals surface area contributed by atoms with Crippen molar-refractivity contribution in [3.63, 3.8) is 0 Å². The minimum atomic E-state index is -3.72. The summed E-state index contributed by atoms with van der Waals surface area (Å²) in [5.41, 5.74) is 7.03. The molecule has 226 valence electrons. The number of para-hydroxylation sites is 1. The van der Waals surface area contributed by atoms with E-state index in [-0.39, 0.29) is 29.7 Å². The molecule has 0 fully saturated rings. The van der Waals surface area contributed by atoms with E-state index in [1.54, 1.807) is 12.1 Å². The molecule has 0 aromatic heterocycles. The van der Waals surface area contributed by atoms with Crippen LogP contribution in [-0.4, -0.2) is 40.2 Å². The van der Waals surface area contributed by atoms with Crippen LogP contribution in [0.25, 0.3) is 11.1 Å². The summed E-state index contributed by atoms with van der Waals surface area (Å²) in [6, 6.07) is 29.2. The number of benzene rings is 4. The summed E-state index contributed by atoms with van der Waals surface area (Å²) in [7, 11) is 0.233. The molecule has 1 atom stereocenters. The Bertz CT molecular complexity index is 1620. The highest BCUT2D eigenvalue weighted by molar-refractivity contribution is 7.89. The Morgan fingerprint density at radius 3 is 2.14 bits per heavy atom. The first-order valence-corrected chi connectivity index (χ1v) is 16.2. The third-order valence-corrected chi connectivity index (χ3v) is 8.95. The quantitative estimate of drug-likeness (QED) is 0.159. The van der Waals surface area contributed by atoms with Crippen molar-refractivity contribution in [2.75, 3.05) is 20.6 Å². The van der Waals surface area contributed by atoms with Crippen LogP contribution in [0.15, 0.2) is 95.9 Å². The molecule has 43 heavy (non-hydrogen) atoms. The van der Waals surface area contributed by atoms with Crippen molar-refractivity contribution in [2.24, 2.45) is 0 Å². The fourth-order valence-electron chi connectivity index (χ4n) is 5.28. The third-order valence-electron chi connectivity index (χ3n) is 7.51. The number of nitrogens with zero attached hydrogens (tertiary/aromatic N) is 1. The van der Waals surface area contributed by atoms with E-state index in [0.717, 1.165) is 57.5 Å². The number of carbonyl (C=O) groups is 1. The van der Waals surface area contributed by atoms with Crippen LogP contribution in [0.3, 0.4) is 0 Å². The maximum Gasteiger partial charge on any atom is 0.240 e. The highest BCUT2D eigenvalue weighted by Crippen LogP contribution is 2.37. The first-order chi connectivity index (χ1) is 20.6. The van der Waals surface area contributed by atoms with Gasteiger partial charge in [0.25, 0.3) is 0 Å². The number of carbonyl (C=O) groups excluding carboxylic acids is 1. The largest absolute Gasteiger partial charge is 0.488 e. The molecule has 4 aromatic rings. The van der Waals surface area contributed by atoms with Gasteiger partial charge in [0.1, 0.15) is 18.6 Å². The lowest BCUT2D eigenvalue weighted by atomic mass is 9.83. The number of sulfonamides is 1. The van der Waals surface area contributed by atoms with Crippen molar-refractivity contribution in [1.82, 2.24) is 9.62 Å². The molecule has 0 radical (unpaired) electrons. The van der Waals surface area contributed by atoms with Gasteiger partial charge in [0.05, 0.1) is 4.90 Å². The van der Waals surface area contributed by atoms with Crippen LogP contribution in [0.5, 0.6) is 5.75 Å². The molecular weight excluding hydrogens is 556 g/mol. The third kappa shape index (κ3) is 8.41. The molecule has 4 aromatic carbocycles. The van der Waals surface area contributed by atoms with Crippen LogP contribution >= 0.6 is 0 Å². The molecule has 0 bridgehead atoms. The second kappa shape index (κ2) is 14.6. The van der Waals surface area contributed by atoms with E-state index in [1.165, 1.54) is 0 Å². The molecular formula is C36H42N2O4S. The maximum absolute atomic E-state index is 13.2. The Hall–Kier alpha value is -3.78. The summed E-state index contributed by atoms with van der Waals surface area (Å²) in [4.78, 5) is 14.1. The van der Waals surface area contributed by atoms with Crippen LogP contribution < -0.4 is 9.46 Å². The summed E-state index contributed by atoms with van der Waals surface area (Å²) in [6.07, 6.45) is 1.19. The number of rotatable bonds is 14. The van der Waals surface area contributed by atoms with Crippen LogP contribution in [0, 0.1) is 0 Å². The van der Waals surface area contributed by atoms with E-state index < -0.39 is 10.0 Å². The summed E-state index contributed by atoms with van der Waals surface area (Å²) < 4.78 is 35.5. The van der Waals surface area contributed by atoms with Gasteiger partial charge in [-0.3, -0.25) is 0 Å². The lowest BCUT2D eigenvalue weighted by molar-refractivity contribution is -0.107. The number of ether oxygens (including phenoxy) is 1. The molecule has 4 rings (SSSR count). The van der Waals surface area contributed by atoms with Crippen LogP contribution in [0.4, 0.5) is 0 Å². The van der Waals surface area contributed by atoms with Gasteiger partial charge in [-0.1, -0.05) is 93.6 Å². The molecule has 1 N–H and O–H groups in total. The molecule has 0 saturated heterocycles. The van der Waals surface area contributed by atoms with E-state index in [9.17, 15) is 13.2 Å². The second-order valence-corrected chi connectivity index (χ2v) is 13.3. The first kappa shape index (κ1) is 32.1. The molecule has 0 heterocycles. The fourth-order valence-corrected chi connectivity index (χ4v) is 6.41. The standard InChI is InChI=1S/C36H42N2O4S/c1-26(2)34-21-30(32-13-9-10-14-36(32)42-25-29-11-7-6-8-12-29)22-35(33(34)19-20-39)27(3)23-37-43(40,41)31-17-15-28(16-18-31)24-38(4)5/h6-18,20-22,26-27,37H,19,23-25H2,1-5H3. The van der Waals surface area contributed by atoms with Gasteiger partial charge in [-0.15, -0.1) is 0 Å². The average Bonchev–Trinajstić information content (AvgIpc) is 2.99. The summed E-state index contributed by atoms with van der Waals surface area (Å²) >= 11 is 0. The van der Waals surface area contributed by atoms with Crippen LogP contribution in [0.2, 0.25) is 0 Å². The molecule has 6 nitrogen and oxygen atoms in total. The predicted molar refractivity (Wildman–Crippen MR) is 174 cm³/mol. The van der Waals surface area contributed by atoms with Gasteiger partial charge < -0.3 is 14.4 Å². The van der Waals surface area contributed by atoms with Crippen molar-refractivity contribution in [2.45, 2.75) is 57.1 Å². The van der Waals surface area contributed by atoms with Gasteiger partial charge in [0.2, 0.25) is 10.0 Å². The minimum Gasteiger partial charge on any atom is -0.488 e. The summed E-state index contributed by atoms with van der Waals surface area (Å²) in [6.45, 7) is 7.60. The average molecular weight is 599 g/mol. The Morgan fingerprint density at radius 1 is 0.837 bits per heavy atom. The molecule has 0 aliphatic carbocycles. The smallest absolute Gasteiger partial charge is 0.240 e. The second-order valence-electron chi connectivity index (χ2n) is 11.6. The van der Waals surface area contributed by atoms with Crippen molar-refractivity contribution in [3.8, 4) is 16.9 Å². The predicted octanol–water partition coefficient (Wildman–Crippen LogP) is 6.94. The van der Waals surface area contributed by atoms with Gasteiger partial charge >= 0.3 is 0 Å². The zero-order valence-corrected chi connectivity index (χ0v) is 26.5. The fraction of sp³-hybridized carbons (Fsp3) is 0.306.